The SMILES string of the molecule is CC1=C(COC2CCCC(OCc3cccc(C)c3C(=O)O)C2)N=C(c2ccccc2)OC1. The summed E-state index contributed by atoms with van der Waals surface area (Å²) in [5.74, 6) is -0.274. The van der Waals surface area contributed by atoms with Crippen molar-refractivity contribution in [1.29, 1.82) is 0 Å². The Labute approximate surface area is 194 Å². The highest BCUT2D eigenvalue weighted by Gasteiger charge is 2.25. The first-order chi connectivity index (χ1) is 16.0. The first kappa shape index (κ1) is 23.2. The zero-order valence-electron chi connectivity index (χ0n) is 19.3. The average Bonchev–Trinajstić information content (AvgIpc) is 2.83. The Bertz CT molecular complexity index is 1040. The number of carboxylic acids is 1. The summed E-state index contributed by atoms with van der Waals surface area (Å²) in [6.07, 6.45) is 3.92. The molecule has 0 spiro atoms. The molecule has 0 bridgehead atoms. The molecule has 4 rings (SSSR count). The molecule has 2 atom stereocenters. The third-order valence-corrected chi connectivity index (χ3v) is 6.26. The van der Waals surface area contributed by atoms with Crippen LogP contribution in [0.2, 0.25) is 0 Å². The van der Waals surface area contributed by atoms with E-state index in [9.17, 15) is 9.90 Å². The maximum atomic E-state index is 11.6. The number of ether oxygens (including phenoxy) is 3. The molecule has 1 saturated carbocycles. The van der Waals surface area contributed by atoms with E-state index in [1.807, 2.05) is 62.4 Å². The van der Waals surface area contributed by atoms with Gasteiger partial charge in [-0.2, -0.15) is 0 Å². The molecule has 2 aromatic rings. The molecular weight excluding hydrogens is 418 g/mol. The Kier molecular flexibility index (Phi) is 7.57. The lowest BCUT2D eigenvalue weighted by Crippen LogP contribution is -2.29. The smallest absolute Gasteiger partial charge is 0.336 e. The zero-order chi connectivity index (χ0) is 23.2. The minimum Gasteiger partial charge on any atom is -0.478 e. The van der Waals surface area contributed by atoms with Crippen molar-refractivity contribution >= 4 is 11.9 Å². The molecular formula is C27H31NO5. The molecule has 2 aromatic carbocycles. The number of aromatic carboxylic acids is 1. The topological polar surface area (TPSA) is 77.4 Å². The first-order valence-electron chi connectivity index (χ1n) is 11.5. The molecule has 0 aromatic heterocycles. The van der Waals surface area contributed by atoms with E-state index in [2.05, 4.69) is 0 Å². The Balaban J connectivity index is 1.33. The van der Waals surface area contributed by atoms with Crippen LogP contribution < -0.4 is 0 Å². The van der Waals surface area contributed by atoms with Gasteiger partial charge in [-0.25, -0.2) is 9.79 Å². The van der Waals surface area contributed by atoms with Gasteiger partial charge in [0, 0.05) is 5.56 Å². The summed E-state index contributed by atoms with van der Waals surface area (Å²) in [5.41, 5.74) is 4.79. The van der Waals surface area contributed by atoms with Gasteiger partial charge in [-0.15, -0.1) is 0 Å². The molecule has 6 nitrogen and oxygen atoms in total. The molecule has 0 saturated heterocycles. The van der Waals surface area contributed by atoms with E-state index < -0.39 is 5.97 Å². The van der Waals surface area contributed by atoms with Crippen LogP contribution in [0.25, 0.3) is 0 Å². The minimum atomic E-state index is -0.910. The van der Waals surface area contributed by atoms with Crippen molar-refractivity contribution in [2.45, 2.75) is 58.3 Å². The second kappa shape index (κ2) is 10.8. The Morgan fingerprint density at radius 2 is 1.76 bits per heavy atom. The number of carbonyl (C=O) groups is 1. The number of hydrogen-bond donors (Lipinski definition) is 1. The number of aliphatic imine (C=N–C) groups is 1. The van der Waals surface area contributed by atoms with Gasteiger partial charge in [0.25, 0.3) is 0 Å². The third-order valence-electron chi connectivity index (χ3n) is 6.26. The van der Waals surface area contributed by atoms with Crippen LogP contribution in [-0.4, -0.2) is 42.4 Å². The maximum Gasteiger partial charge on any atom is 0.336 e. The molecule has 1 heterocycles. The Morgan fingerprint density at radius 1 is 1.03 bits per heavy atom. The van der Waals surface area contributed by atoms with Gasteiger partial charge in [-0.1, -0.05) is 36.4 Å². The second-order valence-electron chi connectivity index (χ2n) is 8.75. The third kappa shape index (κ3) is 5.89. The van der Waals surface area contributed by atoms with E-state index in [0.717, 1.165) is 53.6 Å². The van der Waals surface area contributed by atoms with Crippen molar-refractivity contribution in [3.63, 3.8) is 0 Å². The highest BCUT2D eigenvalue weighted by molar-refractivity contribution is 5.95. The normalized spacial score (nSPS) is 20.8. The van der Waals surface area contributed by atoms with Gasteiger partial charge in [0.1, 0.15) is 6.61 Å². The summed E-state index contributed by atoms with van der Waals surface area (Å²) in [6, 6.07) is 15.4. The van der Waals surface area contributed by atoms with Crippen molar-refractivity contribution < 1.29 is 24.1 Å². The molecule has 1 aliphatic carbocycles. The average molecular weight is 450 g/mol. The largest absolute Gasteiger partial charge is 0.478 e. The molecule has 0 radical (unpaired) electrons. The van der Waals surface area contributed by atoms with E-state index in [1.165, 1.54) is 0 Å². The van der Waals surface area contributed by atoms with Gasteiger partial charge in [-0.3, -0.25) is 0 Å². The molecule has 33 heavy (non-hydrogen) atoms. The van der Waals surface area contributed by atoms with E-state index in [4.69, 9.17) is 19.2 Å². The fourth-order valence-corrected chi connectivity index (χ4v) is 4.36. The van der Waals surface area contributed by atoms with Gasteiger partial charge in [0.15, 0.2) is 0 Å². The van der Waals surface area contributed by atoms with Crippen LogP contribution >= 0.6 is 0 Å². The number of rotatable bonds is 8. The molecule has 174 valence electrons. The molecule has 2 aliphatic rings. The van der Waals surface area contributed by atoms with Crippen molar-refractivity contribution in [3.8, 4) is 0 Å². The predicted molar refractivity (Wildman–Crippen MR) is 127 cm³/mol. The van der Waals surface area contributed by atoms with Gasteiger partial charge < -0.3 is 19.3 Å². The fourth-order valence-electron chi connectivity index (χ4n) is 4.36. The van der Waals surface area contributed by atoms with Crippen LogP contribution in [0.4, 0.5) is 0 Å². The summed E-state index contributed by atoms with van der Waals surface area (Å²) in [4.78, 5) is 16.3. The van der Waals surface area contributed by atoms with Crippen LogP contribution in [0.3, 0.4) is 0 Å². The zero-order valence-corrected chi connectivity index (χ0v) is 19.3. The maximum absolute atomic E-state index is 11.6. The lowest BCUT2D eigenvalue weighted by atomic mass is 9.94. The van der Waals surface area contributed by atoms with E-state index >= 15 is 0 Å². The van der Waals surface area contributed by atoms with Crippen molar-refractivity contribution in [2.24, 2.45) is 4.99 Å². The Hall–Kier alpha value is -2.96. The van der Waals surface area contributed by atoms with Crippen molar-refractivity contribution in [2.75, 3.05) is 13.2 Å². The van der Waals surface area contributed by atoms with Crippen LogP contribution in [0.5, 0.6) is 0 Å². The lowest BCUT2D eigenvalue weighted by Gasteiger charge is -2.30. The number of hydrogen-bond acceptors (Lipinski definition) is 5. The first-order valence-corrected chi connectivity index (χ1v) is 11.5. The van der Waals surface area contributed by atoms with E-state index in [1.54, 1.807) is 0 Å². The fraction of sp³-hybridized carbons (Fsp3) is 0.407. The minimum absolute atomic E-state index is 0.0547. The van der Waals surface area contributed by atoms with Crippen LogP contribution in [0.15, 0.2) is 64.8 Å². The highest BCUT2D eigenvalue weighted by Crippen LogP contribution is 2.27. The molecule has 2 unspecified atom stereocenters. The van der Waals surface area contributed by atoms with Gasteiger partial charge in [-0.05, 0) is 68.4 Å². The lowest BCUT2D eigenvalue weighted by molar-refractivity contribution is -0.0458. The monoisotopic (exact) mass is 449 g/mol. The highest BCUT2D eigenvalue weighted by atomic mass is 16.5. The standard InChI is InChI=1S/C27H31NO5/c1-18-8-6-11-21(25(18)27(29)30)16-31-22-12-7-13-23(14-22)32-17-24-19(2)15-33-26(28-24)20-9-4-3-5-10-20/h3-6,8-11,22-23H,7,12-17H2,1-2H3,(H,29,30). The summed E-state index contributed by atoms with van der Waals surface area (Å²) < 4.78 is 18.2. The van der Waals surface area contributed by atoms with E-state index in [0.29, 0.717) is 31.3 Å². The molecule has 6 heteroatoms. The van der Waals surface area contributed by atoms with Gasteiger partial charge >= 0.3 is 5.97 Å². The molecule has 0 amide bonds. The molecule has 1 N–H and O–H groups in total. The number of carboxylic acid groups (broad SMARTS) is 1. The Morgan fingerprint density at radius 3 is 2.48 bits per heavy atom. The van der Waals surface area contributed by atoms with Crippen molar-refractivity contribution in [3.05, 3.63) is 82.1 Å². The van der Waals surface area contributed by atoms with Crippen LogP contribution in [-0.2, 0) is 20.8 Å². The van der Waals surface area contributed by atoms with Crippen LogP contribution in [0, 0.1) is 6.92 Å². The second-order valence-corrected chi connectivity index (χ2v) is 8.75. The van der Waals surface area contributed by atoms with Gasteiger partial charge in [0.05, 0.1) is 36.7 Å². The van der Waals surface area contributed by atoms with Gasteiger partial charge in [0.2, 0.25) is 5.90 Å². The summed E-state index contributed by atoms with van der Waals surface area (Å²) >= 11 is 0. The summed E-state index contributed by atoms with van der Waals surface area (Å²) in [7, 11) is 0. The molecule has 1 fully saturated rings. The summed E-state index contributed by atoms with van der Waals surface area (Å²) in [6.45, 7) is 5.11. The number of nitrogens with zero attached hydrogens (tertiary/aromatic N) is 1. The molecule has 1 aliphatic heterocycles. The number of benzene rings is 2. The predicted octanol–water partition coefficient (Wildman–Crippen LogP) is 5.29. The van der Waals surface area contributed by atoms with Crippen LogP contribution in [0.1, 0.15) is 59.7 Å². The quantitative estimate of drug-likeness (QED) is 0.593. The number of aryl methyl sites for hydroxylation is 1. The van der Waals surface area contributed by atoms with E-state index in [-0.39, 0.29) is 12.2 Å². The van der Waals surface area contributed by atoms with Crippen molar-refractivity contribution in [1.82, 2.24) is 0 Å². The summed E-state index contributed by atoms with van der Waals surface area (Å²) in [5, 5.41) is 9.53.